The van der Waals surface area contributed by atoms with E-state index in [1.165, 1.54) is 11.8 Å². The third-order valence-corrected chi connectivity index (χ3v) is 9.62. The van der Waals surface area contributed by atoms with Crippen LogP contribution in [0.5, 0.6) is 0 Å². The Bertz CT molecular complexity index is 1710. The number of rotatable bonds is 7. The molecule has 0 aliphatic carbocycles. The van der Waals surface area contributed by atoms with Gasteiger partial charge in [-0.05, 0) is 55.3 Å². The largest absolute Gasteiger partial charge is 0.490 e. The summed E-state index contributed by atoms with van der Waals surface area (Å²) in [5, 5.41) is 18.3. The van der Waals surface area contributed by atoms with Crippen LogP contribution in [0.15, 0.2) is 65.6 Å². The highest BCUT2D eigenvalue weighted by Gasteiger charge is 2.38. The number of nitrogens with one attached hydrogen (secondary N) is 3. The van der Waals surface area contributed by atoms with E-state index in [1.807, 2.05) is 60.7 Å². The first kappa shape index (κ1) is 37.2. The van der Waals surface area contributed by atoms with Gasteiger partial charge in [-0.2, -0.15) is 13.2 Å². The van der Waals surface area contributed by atoms with Crippen LogP contribution in [0.25, 0.3) is 10.8 Å². The van der Waals surface area contributed by atoms with Gasteiger partial charge in [0, 0.05) is 31.7 Å². The van der Waals surface area contributed by atoms with E-state index >= 15 is 0 Å². The maximum Gasteiger partial charge on any atom is 0.490 e. The lowest BCUT2D eigenvalue weighted by atomic mass is 9.95. The van der Waals surface area contributed by atoms with Gasteiger partial charge in [-0.1, -0.05) is 48.5 Å². The van der Waals surface area contributed by atoms with Crippen molar-refractivity contribution in [1.82, 2.24) is 15.5 Å². The minimum absolute atomic E-state index is 0.0281. The molecule has 2 atom stereocenters. The Morgan fingerprint density at radius 3 is 2.27 bits per heavy atom. The molecule has 4 amide bonds. The van der Waals surface area contributed by atoms with Gasteiger partial charge in [0.2, 0.25) is 17.7 Å². The van der Waals surface area contributed by atoms with E-state index in [2.05, 4.69) is 16.0 Å². The lowest BCUT2D eigenvalue weighted by molar-refractivity contribution is -0.192. The normalized spacial score (nSPS) is 17.3. The zero-order valence-electron chi connectivity index (χ0n) is 27.2. The number of thioether (sulfide) groups is 1. The van der Waals surface area contributed by atoms with Gasteiger partial charge in [0.1, 0.15) is 6.04 Å². The molecule has 262 valence electrons. The van der Waals surface area contributed by atoms with E-state index in [0.717, 1.165) is 21.2 Å². The SMILES string of the molecule is CN[C@@H](C)C(=O)N[C@H]1CSc2c(NC(=O)C3CCN(C(C)=O)CC3)cccc2N(Cc2cccc3ccccc23)C1=O.O=C(O)C(F)(F)F. The Morgan fingerprint density at radius 2 is 1.63 bits per heavy atom. The summed E-state index contributed by atoms with van der Waals surface area (Å²) >= 11 is 1.45. The lowest BCUT2D eigenvalue weighted by Crippen LogP contribution is -2.53. The third-order valence-electron chi connectivity index (χ3n) is 8.41. The molecule has 11 nitrogen and oxygen atoms in total. The van der Waals surface area contributed by atoms with Gasteiger partial charge in [-0.25, -0.2) is 4.79 Å². The molecule has 0 radical (unpaired) electrons. The van der Waals surface area contributed by atoms with Crippen molar-refractivity contribution in [3.63, 3.8) is 0 Å². The first-order valence-corrected chi connectivity index (χ1v) is 16.6. The van der Waals surface area contributed by atoms with Gasteiger partial charge < -0.3 is 30.9 Å². The first-order chi connectivity index (χ1) is 23.2. The number of hydrogen-bond acceptors (Lipinski definition) is 7. The number of carbonyl (C=O) groups excluding carboxylic acids is 4. The number of alkyl halides is 3. The Hall–Kier alpha value is -4.63. The van der Waals surface area contributed by atoms with Crippen molar-refractivity contribution in [2.75, 3.05) is 36.1 Å². The number of carboxylic acids is 1. The van der Waals surface area contributed by atoms with E-state index in [0.29, 0.717) is 49.6 Å². The second-order valence-electron chi connectivity index (χ2n) is 11.7. The quantitative estimate of drug-likeness (QED) is 0.284. The number of amides is 4. The summed E-state index contributed by atoms with van der Waals surface area (Å²) in [7, 11) is 1.70. The number of carbonyl (C=O) groups is 5. The van der Waals surface area contributed by atoms with E-state index < -0.39 is 24.2 Å². The van der Waals surface area contributed by atoms with Gasteiger partial charge >= 0.3 is 12.1 Å². The van der Waals surface area contributed by atoms with Crippen molar-refractivity contribution < 1.29 is 42.3 Å². The van der Waals surface area contributed by atoms with E-state index in [1.54, 1.807) is 30.7 Å². The highest BCUT2D eigenvalue weighted by Crippen LogP contribution is 2.41. The van der Waals surface area contributed by atoms with E-state index in [4.69, 9.17) is 9.90 Å². The van der Waals surface area contributed by atoms with Gasteiger partial charge in [-0.3, -0.25) is 19.2 Å². The molecule has 5 rings (SSSR count). The smallest absolute Gasteiger partial charge is 0.475 e. The summed E-state index contributed by atoms with van der Waals surface area (Å²) < 4.78 is 31.7. The van der Waals surface area contributed by atoms with Gasteiger partial charge in [0.05, 0.1) is 28.9 Å². The molecule has 4 N–H and O–H groups in total. The Balaban J connectivity index is 0.000000698. The highest BCUT2D eigenvalue weighted by molar-refractivity contribution is 7.99. The van der Waals surface area contributed by atoms with Crippen LogP contribution >= 0.6 is 11.8 Å². The summed E-state index contributed by atoms with van der Waals surface area (Å²) in [6.45, 7) is 4.74. The van der Waals surface area contributed by atoms with Crippen LogP contribution in [-0.2, 0) is 30.5 Å². The molecule has 3 aromatic rings. The number of benzene rings is 3. The standard InChI is InChI=1S/C32H37N5O4S.C2HF3O2/c1-20(33-3)30(39)35-27-19-42-29-26(34-31(40)23-14-16-36(17-15-23)21(2)38)12-7-13-28(29)37(32(27)41)18-24-10-6-9-22-8-4-5-11-25(22)24;3-2(4,5)1(6)7/h4-13,20,23,27,33H,14-19H2,1-3H3,(H,34,40)(H,35,39);(H,6,7)/t20-,27-;/m0./s1. The highest BCUT2D eigenvalue weighted by atomic mass is 32.2. The lowest BCUT2D eigenvalue weighted by Gasteiger charge is -2.31. The topological polar surface area (TPSA) is 148 Å². The molecular formula is C34H38F3N5O6S. The molecule has 1 saturated heterocycles. The van der Waals surface area contributed by atoms with Crippen LogP contribution in [0.2, 0.25) is 0 Å². The molecule has 2 aliphatic heterocycles. The number of anilines is 2. The molecule has 49 heavy (non-hydrogen) atoms. The van der Waals surface area contributed by atoms with E-state index in [-0.39, 0.29) is 29.5 Å². The van der Waals surface area contributed by atoms with Gasteiger partial charge in [0.25, 0.3) is 5.91 Å². The predicted octanol–water partition coefficient (Wildman–Crippen LogP) is 4.40. The molecular weight excluding hydrogens is 663 g/mol. The number of carboxylic acid groups (broad SMARTS) is 1. The second-order valence-corrected chi connectivity index (χ2v) is 12.7. The predicted molar refractivity (Wildman–Crippen MR) is 180 cm³/mol. The molecule has 1 fully saturated rings. The number of piperidine rings is 1. The number of nitrogens with zero attached hydrogens (tertiary/aromatic N) is 2. The van der Waals surface area contributed by atoms with E-state index in [9.17, 15) is 32.3 Å². The van der Waals surface area contributed by atoms with Crippen LogP contribution in [0.4, 0.5) is 24.5 Å². The second kappa shape index (κ2) is 16.2. The maximum absolute atomic E-state index is 14.1. The Kier molecular flexibility index (Phi) is 12.3. The fourth-order valence-electron chi connectivity index (χ4n) is 5.52. The number of hydrogen-bond donors (Lipinski definition) is 4. The molecule has 0 aromatic heterocycles. The number of fused-ring (bicyclic) bond motifs is 2. The van der Waals surface area contributed by atoms with Gasteiger partial charge in [-0.15, -0.1) is 11.8 Å². The van der Waals surface area contributed by atoms with Crippen molar-refractivity contribution in [1.29, 1.82) is 0 Å². The summed E-state index contributed by atoms with van der Waals surface area (Å²) in [5.74, 6) is -3.15. The fourth-order valence-corrected chi connectivity index (χ4v) is 6.68. The molecule has 0 bridgehead atoms. The minimum atomic E-state index is -5.08. The number of aliphatic carboxylic acids is 1. The van der Waals surface area contributed by atoms with Crippen LogP contribution in [-0.4, -0.2) is 83.8 Å². The summed E-state index contributed by atoms with van der Waals surface area (Å²) in [6, 6.07) is 18.5. The molecule has 15 heteroatoms. The minimum Gasteiger partial charge on any atom is -0.475 e. The van der Waals surface area contributed by atoms with Crippen LogP contribution in [0.1, 0.15) is 32.3 Å². The average Bonchev–Trinajstić information content (AvgIpc) is 3.20. The zero-order chi connectivity index (χ0) is 35.9. The number of likely N-dealkylation sites (N-methyl/N-ethyl adjacent to an activating group) is 1. The summed E-state index contributed by atoms with van der Waals surface area (Å²) in [6.07, 6.45) is -3.87. The van der Waals surface area contributed by atoms with Crippen LogP contribution in [0, 0.1) is 5.92 Å². The van der Waals surface area contributed by atoms with Crippen LogP contribution in [0.3, 0.4) is 0 Å². The molecule has 0 saturated carbocycles. The Labute approximate surface area is 285 Å². The van der Waals surface area contributed by atoms with Crippen molar-refractivity contribution in [2.45, 2.75) is 56.4 Å². The monoisotopic (exact) mass is 701 g/mol. The summed E-state index contributed by atoms with van der Waals surface area (Å²) in [4.78, 5) is 65.2. The first-order valence-electron chi connectivity index (χ1n) is 15.6. The van der Waals surface area contributed by atoms with Crippen molar-refractivity contribution >= 4 is 63.5 Å². The molecule has 0 spiro atoms. The number of likely N-dealkylation sites (tertiary alicyclic amines) is 1. The van der Waals surface area contributed by atoms with Crippen LogP contribution < -0.4 is 20.9 Å². The van der Waals surface area contributed by atoms with Crippen molar-refractivity contribution in [3.8, 4) is 0 Å². The third kappa shape index (κ3) is 9.29. The molecule has 3 aromatic carbocycles. The van der Waals surface area contributed by atoms with Crippen molar-refractivity contribution in [2.24, 2.45) is 5.92 Å². The van der Waals surface area contributed by atoms with Crippen molar-refractivity contribution in [3.05, 3.63) is 66.2 Å². The number of halogens is 3. The van der Waals surface area contributed by atoms with Gasteiger partial charge in [0.15, 0.2) is 0 Å². The molecule has 2 heterocycles. The molecule has 2 aliphatic rings. The summed E-state index contributed by atoms with van der Waals surface area (Å²) in [5.41, 5.74) is 2.32. The average molecular weight is 702 g/mol. The molecule has 0 unspecified atom stereocenters. The Morgan fingerprint density at radius 1 is 1.00 bits per heavy atom. The fraction of sp³-hybridized carbons (Fsp3) is 0.382. The maximum atomic E-state index is 14.1. The zero-order valence-corrected chi connectivity index (χ0v) is 28.0.